The van der Waals surface area contributed by atoms with Gasteiger partial charge in [0.15, 0.2) is 6.10 Å². The fraction of sp³-hybridized carbons (Fsp3) is 0.930. The molecule has 77 heavy (non-hydrogen) atoms. The van der Waals surface area contributed by atoms with Crippen molar-refractivity contribution < 1.29 is 28.6 Å². The number of ether oxygens (including phenoxy) is 3. The van der Waals surface area contributed by atoms with E-state index in [0.29, 0.717) is 19.3 Å². The number of carbonyl (C=O) groups is 3. The Morgan fingerprint density at radius 3 is 0.649 bits per heavy atom. The monoisotopic (exact) mass is 1090 g/mol. The smallest absolute Gasteiger partial charge is 0.306 e. The fourth-order valence-corrected chi connectivity index (χ4v) is 11.0. The number of hydrogen-bond acceptors (Lipinski definition) is 6. The van der Waals surface area contributed by atoms with Crippen molar-refractivity contribution in [1.29, 1.82) is 0 Å². The van der Waals surface area contributed by atoms with E-state index in [1.165, 1.54) is 302 Å². The topological polar surface area (TPSA) is 78.9 Å². The Morgan fingerprint density at radius 1 is 0.247 bits per heavy atom. The quantitative estimate of drug-likeness (QED) is 0.0261. The molecule has 0 fully saturated rings. The van der Waals surface area contributed by atoms with Crippen LogP contribution in [0.2, 0.25) is 0 Å². The zero-order chi connectivity index (χ0) is 55.7. The Kier molecular flexibility index (Phi) is 65.1. The summed E-state index contributed by atoms with van der Waals surface area (Å²) in [7, 11) is 0. The minimum atomic E-state index is -0.764. The van der Waals surface area contributed by atoms with Gasteiger partial charge in [-0.25, -0.2) is 0 Å². The minimum Gasteiger partial charge on any atom is -0.462 e. The number of rotatable bonds is 66. The molecule has 0 saturated carbocycles. The van der Waals surface area contributed by atoms with Crippen LogP contribution in [0.4, 0.5) is 0 Å². The van der Waals surface area contributed by atoms with Crippen LogP contribution in [-0.4, -0.2) is 37.2 Å². The molecule has 0 heterocycles. The summed E-state index contributed by atoms with van der Waals surface area (Å²) in [5, 5.41) is 0. The molecule has 0 spiro atoms. The van der Waals surface area contributed by atoms with Crippen molar-refractivity contribution in [2.45, 2.75) is 412 Å². The van der Waals surface area contributed by atoms with E-state index in [4.69, 9.17) is 14.2 Å². The Balaban J connectivity index is 3.91. The van der Waals surface area contributed by atoms with Crippen molar-refractivity contribution in [3.8, 4) is 0 Å². The van der Waals surface area contributed by atoms with E-state index in [-0.39, 0.29) is 31.1 Å². The second-order valence-corrected chi connectivity index (χ2v) is 24.2. The molecule has 0 aliphatic heterocycles. The number of hydrogen-bond donors (Lipinski definition) is 0. The van der Waals surface area contributed by atoms with Gasteiger partial charge in [-0.3, -0.25) is 14.4 Å². The molecule has 6 heteroatoms. The van der Waals surface area contributed by atoms with Gasteiger partial charge in [0.2, 0.25) is 0 Å². The summed E-state index contributed by atoms with van der Waals surface area (Å²) >= 11 is 0. The summed E-state index contributed by atoms with van der Waals surface area (Å²) in [6, 6.07) is 0. The van der Waals surface area contributed by atoms with Gasteiger partial charge in [0, 0.05) is 19.3 Å². The molecule has 0 rings (SSSR count). The predicted molar refractivity (Wildman–Crippen MR) is 335 cm³/mol. The highest BCUT2D eigenvalue weighted by Gasteiger charge is 2.19. The van der Waals surface area contributed by atoms with Crippen molar-refractivity contribution in [3.63, 3.8) is 0 Å². The standard InChI is InChI=1S/C71H136O6/c1-4-7-10-13-15-17-19-21-23-25-27-29-31-33-34-35-36-38-39-41-43-45-47-49-51-53-55-58-61-64-70(73)76-67-68(66-75-69(72)63-60-57-12-9-6-3)77-71(74)65-62-59-56-54-52-50-48-46-44-42-40-37-32-30-28-26-24-22-20-18-16-14-11-8-5-2/h26,28,68H,4-25,27,29-67H2,1-3H3/b28-26-. The molecule has 456 valence electrons. The van der Waals surface area contributed by atoms with Crippen LogP contribution >= 0.6 is 0 Å². The highest BCUT2D eigenvalue weighted by molar-refractivity contribution is 5.71. The van der Waals surface area contributed by atoms with Crippen LogP contribution in [0.1, 0.15) is 406 Å². The number of unbranched alkanes of at least 4 members (excludes halogenated alkanes) is 53. The molecule has 0 N–H and O–H groups in total. The molecule has 0 aromatic heterocycles. The van der Waals surface area contributed by atoms with Gasteiger partial charge in [-0.05, 0) is 44.9 Å². The zero-order valence-electron chi connectivity index (χ0n) is 52.5. The lowest BCUT2D eigenvalue weighted by Gasteiger charge is -2.18. The molecule has 0 aromatic carbocycles. The molecule has 0 amide bonds. The molecule has 0 aliphatic rings. The van der Waals surface area contributed by atoms with Crippen molar-refractivity contribution in [1.82, 2.24) is 0 Å². The van der Waals surface area contributed by atoms with Crippen LogP contribution in [0.3, 0.4) is 0 Å². The lowest BCUT2D eigenvalue weighted by Crippen LogP contribution is -2.30. The molecular formula is C71H136O6. The van der Waals surface area contributed by atoms with E-state index in [0.717, 1.165) is 64.2 Å². The van der Waals surface area contributed by atoms with Gasteiger partial charge in [0.1, 0.15) is 13.2 Å². The van der Waals surface area contributed by atoms with Crippen molar-refractivity contribution >= 4 is 17.9 Å². The van der Waals surface area contributed by atoms with Crippen molar-refractivity contribution in [2.75, 3.05) is 13.2 Å². The van der Waals surface area contributed by atoms with E-state index < -0.39 is 6.10 Å². The molecule has 0 aromatic rings. The maximum absolute atomic E-state index is 12.9. The van der Waals surface area contributed by atoms with Crippen LogP contribution in [0.5, 0.6) is 0 Å². The Bertz CT molecular complexity index is 1200. The molecule has 0 radical (unpaired) electrons. The van der Waals surface area contributed by atoms with E-state index in [1.807, 2.05) is 0 Å². The Morgan fingerprint density at radius 2 is 0.429 bits per heavy atom. The second kappa shape index (κ2) is 66.7. The van der Waals surface area contributed by atoms with Crippen molar-refractivity contribution in [3.05, 3.63) is 12.2 Å². The SMILES string of the molecule is CCCCCCCCCC/C=C\CCCCCCCCCCCCCCCC(=O)OC(COC(=O)CCCCCCC)COC(=O)CCCCCCCCCCCCCCCCCCCCCCCCCCCCCCC. The van der Waals surface area contributed by atoms with Gasteiger partial charge in [-0.2, -0.15) is 0 Å². The van der Waals surface area contributed by atoms with E-state index in [1.54, 1.807) is 0 Å². The molecule has 0 saturated heterocycles. The molecule has 1 atom stereocenters. The van der Waals surface area contributed by atoms with Crippen LogP contribution in [0, 0.1) is 0 Å². The van der Waals surface area contributed by atoms with Crippen molar-refractivity contribution in [2.24, 2.45) is 0 Å². The van der Waals surface area contributed by atoms with Gasteiger partial charge < -0.3 is 14.2 Å². The van der Waals surface area contributed by atoms with Gasteiger partial charge in [-0.1, -0.05) is 354 Å². The van der Waals surface area contributed by atoms with E-state index >= 15 is 0 Å². The zero-order valence-corrected chi connectivity index (χ0v) is 52.5. The average molecular weight is 1090 g/mol. The number of esters is 3. The minimum absolute atomic E-state index is 0.0645. The fourth-order valence-electron chi connectivity index (χ4n) is 11.0. The molecule has 6 nitrogen and oxygen atoms in total. The summed E-state index contributed by atoms with van der Waals surface area (Å²) in [6.45, 7) is 6.64. The number of allylic oxidation sites excluding steroid dienone is 2. The van der Waals surface area contributed by atoms with E-state index in [9.17, 15) is 14.4 Å². The summed E-state index contributed by atoms with van der Waals surface area (Å²) in [4.78, 5) is 38.0. The molecular weight excluding hydrogens is 949 g/mol. The maximum atomic E-state index is 12.9. The molecule has 1 unspecified atom stereocenters. The first kappa shape index (κ1) is 75.2. The largest absolute Gasteiger partial charge is 0.462 e. The third-order valence-corrected chi connectivity index (χ3v) is 16.3. The summed E-state index contributed by atoms with van der Waals surface area (Å²) in [6.07, 6.45) is 80.2. The van der Waals surface area contributed by atoms with Gasteiger partial charge in [0.25, 0.3) is 0 Å². The Hall–Kier alpha value is -1.85. The number of carbonyl (C=O) groups excluding carboxylic acids is 3. The maximum Gasteiger partial charge on any atom is 0.306 e. The van der Waals surface area contributed by atoms with Gasteiger partial charge in [-0.15, -0.1) is 0 Å². The summed E-state index contributed by atoms with van der Waals surface area (Å²) in [5.41, 5.74) is 0. The predicted octanol–water partition coefficient (Wildman–Crippen LogP) is 24.0. The van der Waals surface area contributed by atoms with Crippen LogP contribution in [0.25, 0.3) is 0 Å². The normalized spacial score (nSPS) is 12.0. The van der Waals surface area contributed by atoms with E-state index in [2.05, 4.69) is 32.9 Å². The molecule has 0 aliphatic carbocycles. The lowest BCUT2D eigenvalue weighted by atomic mass is 10.0. The third-order valence-electron chi connectivity index (χ3n) is 16.3. The highest BCUT2D eigenvalue weighted by Crippen LogP contribution is 2.19. The summed E-state index contributed by atoms with van der Waals surface area (Å²) in [5.74, 6) is -0.850. The first-order valence-electron chi connectivity index (χ1n) is 35.2. The summed E-state index contributed by atoms with van der Waals surface area (Å²) < 4.78 is 16.8. The van der Waals surface area contributed by atoms with Gasteiger partial charge in [0.05, 0.1) is 0 Å². The highest BCUT2D eigenvalue weighted by atomic mass is 16.6. The van der Waals surface area contributed by atoms with Gasteiger partial charge >= 0.3 is 17.9 Å². The second-order valence-electron chi connectivity index (χ2n) is 24.2. The third kappa shape index (κ3) is 64.9. The van der Waals surface area contributed by atoms with Crippen LogP contribution in [0.15, 0.2) is 12.2 Å². The first-order chi connectivity index (χ1) is 38.0. The Labute approximate surface area is 481 Å². The lowest BCUT2D eigenvalue weighted by molar-refractivity contribution is -0.167. The molecule has 0 bridgehead atoms. The average Bonchev–Trinajstić information content (AvgIpc) is 3.43. The first-order valence-corrected chi connectivity index (χ1v) is 35.2. The van der Waals surface area contributed by atoms with Crippen LogP contribution < -0.4 is 0 Å². The van der Waals surface area contributed by atoms with Crippen LogP contribution in [-0.2, 0) is 28.6 Å².